The Morgan fingerprint density at radius 3 is 2.45 bits per heavy atom. The molecule has 1 heterocycles. The van der Waals surface area contributed by atoms with Gasteiger partial charge in [0, 0.05) is 6.42 Å². The minimum Gasteiger partial charge on any atom is -0.273 e. The topological polar surface area (TPSA) is 58.2 Å². The van der Waals surface area contributed by atoms with Crippen molar-refractivity contribution in [2.24, 2.45) is 0 Å². The van der Waals surface area contributed by atoms with Gasteiger partial charge in [-0.15, -0.1) is 11.3 Å². The average Bonchev–Trinajstić information content (AvgIpc) is 2.93. The van der Waals surface area contributed by atoms with Gasteiger partial charge in [-0.2, -0.15) is 0 Å². The van der Waals surface area contributed by atoms with E-state index in [0.717, 1.165) is 16.6 Å². The second-order valence-electron chi connectivity index (χ2n) is 4.95. The Labute approximate surface area is 142 Å². The van der Waals surface area contributed by atoms with Crippen molar-refractivity contribution >= 4 is 39.1 Å². The van der Waals surface area contributed by atoms with E-state index in [-0.39, 0.29) is 11.8 Å². The molecule has 0 atom stereocenters. The lowest BCUT2D eigenvalue weighted by Gasteiger charge is -2.06. The molecule has 0 unspecified atom stereocenters. The van der Waals surface area contributed by atoms with E-state index < -0.39 is 0 Å². The number of hydrazine groups is 1. The largest absolute Gasteiger partial charge is 0.279 e. The van der Waals surface area contributed by atoms with E-state index in [2.05, 4.69) is 51.0 Å². The molecule has 22 heavy (non-hydrogen) atoms. The van der Waals surface area contributed by atoms with E-state index in [4.69, 9.17) is 0 Å². The number of aryl methyl sites for hydroxylation is 2. The zero-order chi connectivity index (χ0) is 15.9. The third kappa shape index (κ3) is 5.27. The lowest BCUT2D eigenvalue weighted by Crippen LogP contribution is -2.41. The third-order valence-corrected chi connectivity index (χ3v) is 4.72. The van der Waals surface area contributed by atoms with E-state index in [1.54, 1.807) is 12.1 Å². The van der Waals surface area contributed by atoms with Crippen LogP contribution >= 0.6 is 27.3 Å². The highest BCUT2D eigenvalue weighted by atomic mass is 79.9. The van der Waals surface area contributed by atoms with Crippen LogP contribution in [-0.4, -0.2) is 11.8 Å². The van der Waals surface area contributed by atoms with Crippen LogP contribution in [0.3, 0.4) is 0 Å². The minimum atomic E-state index is -0.303. The van der Waals surface area contributed by atoms with Crippen molar-refractivity contribution in [2.75, 3.05) is 0 Å². The number of carbonyl (C=O) groups excluding carboxylic acids is 2. The maximum atomic E-state index is 11.8. The summed E-state index contributed by atoms with van der Waals surface area (Å²) in [5.74, 6) is -0.487. The number of halogens is 1. The molecule has 0 radical (unpaired) electrons. The molecule has 2 rings (SSSR count). The number of hydrogen-bond donors (Lipinski definition) is 2. The number of rotatable bonds is 5. The van der Waals surface area contributed by atoms with E-state index >= 15 is 0 Å². The molecule has 1 aromatic carbocycles. The smallest absolute Gasteiger partial charge is 0.273 e. The number of hydrogen-bond acceptors (Lipinski definition) is 3. The molecule has 0 aliphatic rings. The first kappa shape index (κ1) is 16.7. The van der Waals surface area contributed by atoms with Gasteiger partial charge < -0.3 is 0 Å². The molecular formula is C16H17BrN2O2S. The molecule has 0 saturated heterocycles. The first-order chi connectivity index (χ1) is 10.5. The Kier molecular flexibility index (Phi) is 6.15. The van der Waals surface area contributed by atoms with Crippen LogP contribution in [0.25, 0.3) is 0 Å². The van der Waals surface area contributed by atoms with Gasteiger partial charge in [0.25, 0.3) is 5.91 Å². The quantitative estimate of drug-likeness (QED) is 0.778. The Morgan fingerprint density at radius 1 is 1.09 bits per heavy atom. The predicted molar refractivity (Wildman–Crippen MR) is 91.7 cm³/mol. The monoisotopic (exact) mass is 380 g/mol. The van der Waals surface area contributed by atoms with E-state index in [0.29, 0.717) is 11.3 Å². The van der Waals surface area contributed by atoms with Crippen LogP contribution in [0.5, 0.6) is 0 Å². The highest BCUT2D eigenvalue weighted by Crippen LogP contribution is 2.21. The zero-order valence-corrected chi connectivity index (χ0v) is 14.6. The Bertz CT molecular complexity index is 652. The van der Waals surface area contributed by atoms with Crippen LogP contribution in [-0.2, 0) is 11.2 Å². The van der Waals surface area contributed by atoms with Crippen LogP contribution in [0.2, 0.25) is 0 Å². The van der Waals surface area contributed by atoms with Crippen molar-refractivity contribution in [1.29, 1.82) is 0 Å². The van der Waals surface area contributed by atoms with Crippen molar-refractivity contribution < 1.29 is 9.59 Å². The number of benzene rings is 1. The van der Waals surface area contributed by atoms with E-state index in [1.165, 1.54) is 22.5 Å². The molecule has 0 aliphatic carbocycles. The summed E-state index contributed by atoms with van der Waals surface area (Å²) in [5.41, 5.74) is 7.30. The van der Waals surface area contributed by atoms with Gasteiger partial charge in [-0.3, -0.25) is 20.4 Å². The molecule has 0 bridgehead atoms. The molecule has 2 N–H and O–H groups in total. The summed E-state index contributed by atoms with van der Waals surface area (Å²) < 4.78 is 0.877. The minimum absolute atomic E-state index is 0.184. The summed E-state index contributed by atoms with van der Waals surface area (Å²) >= 11 is 4.61. The fourth-order valence-electron chi connectivity index (χ4n) is 1.89. The number of amides is 2. The molecule has 0 saturated carbocycles. The van der Waals surface area contributed by atoms with E-state index in [9.17, 15) is 9.59 Å². The summed E-state index contributed by atoms with van der Waals surface area (Å²) in [5, 5.41) is 0. The maximum absolute atomic E-state index is 11.8. The number of carbonyl (C=O) groups is 2. The van der Waals surface area contributed by atoms with Crippen molar-refractivity contribution in [3.8, 4) is 0 Å². The first-order valence-electron chi connectivity index (χ1n) is 6.94. The molecular weight excluding hydrogens is 364 g/mol. The fraction of sp³-hybridized carbons (Fsp3) is 0.250. The molecule has 116 valence electrons. The van der Waals surface area contributed by atoms with Crippen LogP contribution < -0.4 is 10.9 Å². The molecule has 1 aromatic heterocycles. The summed E-state index contributed by atoms with van der Waals surface area (Å²) in [6.07, 6.45) is 1.97. The first-order valence-corrected chi connectivity index (χ1v) is 8.55. The molecule has 0 spiro atoms. The maximum Gasteiger partial charge on any atom is 0.279 e. The number of nitrogens with one attached hydrogen (secondary N) is 2. The van der Waals surface area contributed by atoms with Gasteiger partial charge in [0.05, 0.1) is 8.66 Å². The standard InChI is InChI=1S/C16H17BrN2O2S/c1-11-5-7-12(8-6-11)3-2-4-15(20)18-19-16(21)13-9-10-14(17)22-13/h5-10H,2-4H2,1H3,(H,18,20)(H,19,21). The highest BCUT2D eigenvalue weighted by molar-refractivity contribution is 9.11. The number of thiophene rings is 1. The fourth-order valence-corrected chi connectivity index (χ4v) is 3.18. The lowest BCUT2D eigenvalue weighted by molar-refractivity contribution is -0.121. The summed E-state index contributed by atoms with van der Waals surface area (Å²) in [4.78, 5) is 24.0. The second kappa shape index (κ2) is 8.10. The highest BCUT2D eigenvalue weighted by Gasteiger charge is 2.09. The molecule has 2 amide bonds. The van der Waals surface area contributed by atoms with Crippen molar-refractivity contribution in [1.82, 2.24) is 10.9 Å². The van der Waals surface area contributed by atoms with Crippen molar-refractivity contribution in [3.63, 3.8) is 0 Å². The zero-order valence-electron chi connectivity index (χ0n) is 12.2. The molecule has 0 fully saturated rings. The Hall–Kier alpha value is -1.66. The molecule has 6 heteroatoms. The Morgan fingerprint density at radius 2 is 1.82 bits per heavy atom. The van der Waals surface area contributed by atoms with E-state index in [1.807, 2.05) is 6.92 Å². The third-order valence-electron chi connectivity index (χ3n) is 3.10. The van der Waals surface area contributed by atoms with Crippen LogP contribution in [0, 0.1) is 6.92 Å². The Balaban J connectivity index is 1.67. The molecule has 0 aliphatic heterocycles. The summed E-state index contributed by atoms with van der Waals surface area (Å²) in [7, 11) is 0. The van der Waals surface area contributed by atoms with Gasteiger partial charge in [0.1, 0.15) is 0 Å². The SMILES string of the molecule is Cc1ccc(CCCC(=O)NNC(=O)c2ccc(Br)s2)cc1. The van der Waals surface area contributed by atoms with Gasteiger partial charge in [-0.25, -0.2) is 0 Å². The normalized spacial score (nSPS) is 10.3. The van der Waals surface area contributed by atoms with Crippen molar-refractivity contribution in [2.45, 2.75) is 26.2 Å². The van der Waals surface area contributed by atoms with Gasteiger partial charge in [-0.1, -0.05) is 29.8 Å². The predicted octanol–water partition coefficient (Wildman–Crippen LogP) is 3.60. The lowest BCUT2D eigenvalue weighted by atomic mass is 10.1. The molecule has 4 nitrogen and oxygen atoms in total. The second-order valence-corrected chi connectivity index (χ2v) is 7.41. The van der Waals surface area contributed by atoms with Crippen LogP contribution in [0.15, 0.2) is 40.2 Å². The van der Waals surface area contributed by atoms with Crippen LogP contribution in [0.1, 0.15) is 33.6 Å². The average molecular weight is 381 g/mol. The summed E-state index contributed by atoms with van der Waals surface area (Å²) in [6, 6.07) is 11.8. The van der Waals surface area contributed by atoms with Gasteiger partial charge in [0.2, 0.25) is 5.91 Å². The van der Waals surface area contributed by atoms with Crippen molar-refractivity contribution in [3.05, 3.63) is 56.2 Å². The molecule has 2 aromatic rings. The van der Waals surface area contributed by atoms with Gasteiger partial charge in [-0.05, 0) is 53.4 Å². The van der Waals surface area contributed by atoms with Gasteiger partial charge >= 0.3 is 0 Å². The summed E-state index contributed by atoms with van der Waals surface area (Å²) in [6.45, 7) is 2.05. The van der Waals surface area contributed by atoms with Gasteiger partial charge in [0.15, 0.2) is 0 Å². The van der Waals surface area contributed by atoms with Crippen LogP contribution in [0.4, 0.5) is 0 Å².